The molecule has 3 fully saturated rings. The second-order valence-electron chi connectivity index (χ2n) is 15.8. The molecule has 2 aromatic carbocycles. The predicted molar refractivity (Wildman–Crippen MR) is 207 cm³/mol. The van der Waals surface area contributed by atoms with E-state index in [4.69, 9.17) is 9.72 Å². The first-order chi connectivity index (χ1) is 25.3. The third-order valence-electron chi connectivity index (χ3n) is 11.8. The number of ether oxygens (including phenoxy) is 1. The Labute approximate surface area is 310 Å². The van der Waals surface area contributed by atoms with Gasteiger partial charge in [-0.15, -0.1) is 5.54 Å². The van der Waals surface area contributed by atoms with Crippen LogP contribution in [0.5, 0.6) is 11.8 Å². The van der Waals surface area contributed by atoms with Crippen molar-refractivity contribution in [3.05, 3.63) is 47.7 Å². The lowest BCUT2D eigenvalue weighted by atomic mass is 9.95. The van der Waals surface area contributed by atoms with Crippen molar-refractivity contribution in [3.8, 4) is 34.5 Å². The normalized spacial score (nSPS) is 21.1. The van der Waals surface area contributed by atoms with Crippen LogP contribution in [0.3, 0.4) is 0 Å². The van der Waals surface area contributed by atoms with Gasteiger partial charge in [-0.2, -0.15) is 9.97 Å². The minimum absolute atomic E-state index is 0.0261. The molecule has 4 aromatic rings. The fourth-order valence-corrected chi connectivity index (χ4v) is 14.5. The Bertz CT molecular complexity index is 2060. The van der Waals surface area contributed by atoms with Crippen LogP contribution in [0.4, 0.5) is 19.0 Å². The summed E-state index contributed by atoms with van der Waals surface area (Å²) < 4.78 is 54.1. The number of anilines is 1. The lowest BCUT2D eigenvalue weighted by molar-refractivity contribution is 0.107. The number of halogens is 3. The first-order valence-corrected chi connectivity index (χ1v) is 21.2. The molecule has 3 saturated heterocycles. The monoisotopic (exact) mass is 745 g/mol. The fourth-order valence-electron chi connectivity index (χ4n) is 9.32. The largest absolute Gasteiger partial charge is 0.508 e. The molecule has 53 heavy (non-hydrogen) atoms. The number of hydrogen-bond donors (Lipinski definition) is 3. The van der Waals surface area contributed by atoms with E-state index in [9.17, 15) is 9.50 Å². The Morgan fingerprint density at radius 3 is 2.57 bits per heavy atom. The molecule has 0 spiro atoms. The Morgan fingerprint density at radius 2 is 1.81 bits per heavy atom. The van der Waals surface area contributed by atoms with Gasteiger partial charge in [-0.3, -0.25) is 14.9 Å². The zero-order valence-electron chi connectivity index (χ0n) is 31.5. The zero-order valence-corrected chi connectivity index (χ0v) is 32.5. The van der Waals surface area contributed by atoms with E-state index < -0.39 is 31.4 Å². The topological polar surface area (TPSA) is 98.7 Å². The Balaban J connectivity index is 1.40. The molecular weight excluding hydrogens is 696 g/mol. The maximum Gasteiger partial charge on any atom is 0.319 e. The molecule has 282 valence electrons. The van der Waals surface area contributed by atoms with Crippen LogP contribution in [-0.4, -0.2) is 90.6 Å². The molecule has 9 nitrogen and oxygen atoms in total. The molecule has 3 aliphatic rings. The predicted octanol–water partition coefficient (Wildman–Crippen LogP) is 7.27. The lowest BCUT2D eigenvalue weighted by Crippen LogP contribution is -2.43. The number of aromatic nitrogens is 3. The number of aromatic hydroxyl groups is 1. The summed E-state index contributed by atoms with van der Waals surface area (Å²) in [6, 6.07) is 5.82. The summed E-state index contributed by atoms with van der Waals surface area (Å²) in [4.78, 5) is 16.1. The lowest BCUT2D eigenvalue weighted by Gasteiger charge is -2.38. The summed E-state index contributed by atoms with van der Waals surface area (Å²) in [6.45, 7) is 17.1. The van der Waals surface area contributed by atoms with E-state index in [0.717, 1.165) is 25.9 Å². The Hall–Kier alpha value is -3.96. The van der Waals surface area contributed by atoms with Gasteiger partial charge >= 0.3 is 6.01 Å². The summed E-state index contributed by atoms with van der Waals surface area (Å²) in [5, 5.41) is 17.3. The number of hydrazine groups is 1. The van der Waals surface area contributed by atoms with Crippen molar-refractivity contribution >= 4 is 35.6 Å². The molecule has 13 heteroatoms. The second kappa shape index (κ2) is 14.7. The van der Waals surface area contributed by atoms with E-state index in [-0.39, 0.29) is 40.7 Å². The first kappa shape index (κ1) is 37.4. The molecule has 3 aliphatic heterocycles. The molecule has 2 aromatic heterocycles. The number of nitrogens with one attached hydrogen (secondary N) is 2. The number of alkyl halides is 1. The summed E-state index contributed by atoms with van der Waals surface area (Å²) in [5.41, 5.74) is 7.69. The summed E-state index contributed by atoms with van der Waals surface area (Å²) in [5.74, 6) is 2.26. The summed E-state index contributed by atoms with van der Waals surface area (Å²) >= 11 is 0. The molecule has 3 N–H and O–H groups in total. The average molecular weight is 746 g/mol. The van der Waals surface area contributed by atoms with Gasteiger partial charge in [0.1, 0.15) is 43.6 Å². The summed E-state index contributed by atoms with van der Waals surface area (Å²) in [6.07, 6.45) is 2.72. The molecular formula is C40H50F3N7O2Si. The van der Waals surface area contributed by atoms with Crippen molar-refractivity contribution in [2.24, 2.45) is 0 Å². The van der Waals surface area contributed by atoms with Crippen LogP contribution >= 0.6 is 0 Å². The number of phenolic OH excluding ortho intramolecular Hbond substituents is 1. The van der Waals surface area contributed by atoms with Gasteiger partial charge in [0.05, 0.1) is 16.5 Å². The van der Waals surface area contributed by atoms with Crippen LogP contribution in [0.2, 0.25) is 16.6 Å². The highest BCUT2D eigenvalue weighted by atomic mass is 28.3. The number of phenols is 1. The third-order valence-corrected chi connectivity index (χ3v) is 18.1. The number of hydrogen-bond acceptors (Lipinski definition) is 9. The molecule has 0 aliphatic carbocycles. The molecule has 0 amide bonds. The van der Waals surface area contributed by atoms with Crippen LogP contribution in [0.25, 0.3) is 32.9 Å². The van der Waals surface area contributed by atoms with Crippen molar-refractivity contribution in [1.82, 2.24) is 30.6 Å². The smallest absolute Gasteiger partial charge is 0.319 e. The van der Waals surface area contributed by atoms with Crippen molar-refractivity contribution in [2.45, 2.75) is 89.1 Å². The van der Waals surface area contributed by atoms with Gasteiger partial charge in [-0.1, -0.05) is 53.5 Å². The second-order valence-corrected chi connectivity index (χ2v) is 21.4. The highest BCUT2D eigenvalue weighted by Gasteiger charge is 2.49. The molecule has 0 bridgehead atoms. The molecule has 0 radical (unpaired) electrons. The highest BCUT2D eigenvalue weighted by Crippen LogP contribution is 2.43. The minimum Gasteiger partial charge on any atom is -0.508 e. The minimum atomic E-state index is -2.28. The SMILES string of the molecule is CC(C)[Si](C#Cc1c(F)ccc2cc(O)cc(-c3ncc4c(N5CCNCCN5)nc(OC[C@@]56CCCN5C[C@H](F)C6)nc4c3F)c12)(C(C)C)C(C)C. The number of pyridine rings is 1. The van der Waals surface area contributed by atoms with Gasteiger partial charge in [0.25, 0.3) is 0 Å². The van der Waals surface area contributed by atoms with E-state index in [1.165, 1.54) is 24.4 Å². The van der Waals surface area contributed by atoms with E-state index in [0.29, 0.717) is 71.2 Å². The molecule has 0 unspecified atom stereocenters. The van der Waals surface area contributed by atoms with Crippen LogP contribution in [0.1, 0.15) is 66.4 Å². The molecule has 0 saturated carbocycles. The highest BCUT2D eigenvalue weighted by molar-refractivity contribution is 6.90. The van der Waals surface area contributed by atoms with Crippen molar-refractivity contribution < 1.29 is 23.0 Å². The molecule has 7 rings (SSSR count). The number of benzene rings is 2. The maximum absolute atomic E-state index is 17.2. The van der Waals surface area contributed by atoms with E-state index in [2.05, 4.69) is 78.6 Å². The van der Waals surface area contributed by atoms with Crippen LogP contribution in [0, 0.1) is 23.1 Å². The maximum atomic E-state index is 17.2. The van der Waals surface area contributed by atoms with Crippen LogP contribution < -0.4 is 20.5 Å². The summed E-state index contributed by atoms with van der Waals surface area (Å²) in [7, 11) is -2.28. The van der Waals surface area contributed by atoms with Gasteiger partial charge in [0.2, 0.25) is 0 Å². The van der Waals surface area contributed by atoms with Gasteiger partial charge in [0, 0.05) is 56.3 Å². The zero-order chi connectivity index (χ0) is 37.7. The van der Waals surface area contributed by atoms with Crippen LogP contribution in [0.15, 0.2) is 30.5 Å². The fraction of sp³-hybridized carbons (Fsp3) is 0.525. The van der Waals surface area contributed by atoms with Gasteiger partial charge in [-0.05, 0) is 59.6 Å². The number of fused-ring (bicyclic) bond motifs is 3. The first-order valence-electron chi connectivity index (χ1n) is 18.9. The van der Waals surface area contributed by atoms with E-state index in [1.54, 1.807) is 6.07 Å². The third kappa shape index (κ3) is 6.73. The van der Waals surface area contributed by atoms with Gasteiger partial charge in [0.15, 0.2) is 11.6 Å². The average Bonchev–Trinajstić information content (AvgIpc) is 3.49. The Morgan fingerprint density at radius 1 is 1.04 bits per heavy atom. The number of rotatable bonds is 8. The van der Waals surface area contributed by atoms with Crippen molar-refractivity contribution in [1.29, 1.82) is 0 Å². The van der Waals surface area contributed by atoms with Gasteiger partial charge < -0.3 is 15.2 Å². The van der Waals surface area contributed by atoms with Crippen LogP contribution in [-0.2, 0) is 0 Å². The van der Waals surface area contributed by atoms with E-state index in [1.807, 2.05) is 5.01 Å². The van der Waals surface area contributed by atoms with Crippen molar-refractivity contribution in [3.63, 3.8) is 0 Å². The van der Waals surface area contributed by atoms with E-state index >= 15 is 8.78 Å². The number of nitrogens with zero attached hydrogens (tertiary/aromatic N) is 5. The van der Waals surface area contributed by atoms with Crippen molar-refractivity contribution in [2.75, 3.05) is 50.9 Å². The Kier molecular flexibility index (Phi) is 10.4. The molecule has 5 heterocycles. The standard InChI is InChI=1S/C40H50F3N7O2Si/c1-24(2)53(25(3)4,26(5)6)17-10-30-33(42)9-8-27-18-29(51)19-31(34(27)30)36-35(43)37-32(21-45-36)38(50-16-14-44-12-13-46-50)48-39(47-37)52-23-40-11-7-15-49(40)22-28(41)20-40/h8-9,18-19,21,24-26,28,44,46,51H,7,11-16,20,22-23H2,1-6H3/t28-,40+/m1/s1. The molecule has 2 atom stereocenters. The quantitative estimate of drug-likeness (QED) is 0.127. The van der Waals surface area contributed by atoms with Gasteiger partial charge in [-0.25, -0.2) is 18.6 Å².